The summed E-state index contributed by atoms with van der Waals surface area (Å²) in [4.78, 5) is 4.13. The van der Waals surface area contributed by atoms with E-state index in [0.29, 0.717) is 0 Å². The van der Waals surface area contributed by atoms with Crippen molar-refractivity contribution in [1.29, 1.82) is 0 Å². The normalized spacial score (nSPS) is 17.7. The van der Waals surface area contributed by atoms with Gasteiger partial charge in [-0.05, 0) is 12.8 Å². The molecule has 1 aliphatic heterocycles. The number of nitrogens with two attached hydrogens (primary N) is 1. The van der Waals surface area contributed by atoms with Crippen molar-refractivity contribution in [2.45, 2.75) is 19.3 Å². The molecule has 9 heavy (non-hydrogen) atoms. The summed E-state index contributed by atoms with van der Waals surface area (Å²) in [7, 11) is 0. The Labute approximate surface area is 72.1 Å². The largest absolute Gasteiger partial charge is 0.312 e. The van der Waals surface area contributed by atoms with Crippen molar-refractivity contribution in [3.05, 3.63) is 0 Å². The highest BCUT2D eigenvalue weighted by molar-refractivity contribution is 14.0. The fourth-order valence-corrected chi connectivity index (χ4v) is 0.815. The van der Waals surface area contributed by atoms with Crippen LogP contribution in [-0.2, 0) is 0 Å². The highest BCUT2D eigenvalue weighted by Gasteiger charge is 2.00. The van der Waals surface area contributed by atoms with E-state index >= 15 is 0 Å². The molecule has 0 saturated heterocycles. The molecule has 54 valence electrons. The maximum Gasteiger partial charge on any atom is 0.110 e. The first-order valence-electron chi connectivity index (χ1n) is 2.93. The molecule has 1 aliphatic rings. The number of nitrogens with one attached hydrogen (secondary N) is 1. The van der Waals surface area contributed by atoms with Gasteiger partial charge in [0.1, 0.15) is 5.84 Å². The predicted molar refractivity (Wildman–Crippen MR) is 48.9 cm³/mol. The third kappa shape index (κ3) is 3.00. The molecular weight excluding hydrogens is 229 g/mol. The quantitative estimate of drug-likeness (QED) is 0.371. The van der Waals surface area contributed by atoms with Gasteiger partial charge in [0.05, 0.1) is 0 Å². The summed E-state index contributed by atoms with van der Waals surface area (Å²) in [6, 6.07) is 0. The average molecular weight is 241 g/mol. The highest BCUT2D eigenvalue weighted by Crippen LogP contribution is 2.02. The van der Waals surface area contributed by atoms with Gasteiger partial charge in [-0.3, -0.25) is 4.99 Å². The van der Waals surface area contributed by atoms with E-state index in [2.05, 4.69) is 10.4 Å². The van der Waals surface area contributed by atoms with Crippen LogP contribution in [0.3, 0.4) is 0 Å². The van der Waals surface area contributed by atoms with Gasteiger partial charge >= 0.3 is 0 Å². The molecule has 0 aliphatic carbocycles. The molecule has 0 amide bonds. The Morgan fingerprint density at radius 2 is 2.22 bits per heavy atom. The molecule has 1 rings (SSSR count). The number of hydrogen-bond acceptors (Lipinski definition) is 3. The van der Waals surface area contributed by atoms with Gasteiger partial charge in [-0.25, -0.2) is 5.84 Å². The van der Waals surface area contributed by atoms with Crippen molar-refractivity contribution in [3.8, 4) is 0 Å². The standard InChI is InChI=1S/C5H11N3.HI/c6-8-5-3-1-2-4-7-5;/h1-4,6H2,(H,7,8);1H. The van der Waals surface area contributed by atoms with Crippen LogP contribution in [0.4, 0.5) is 0 Å². The Kier molecular flexibility index (Phi) is 5.07. The second kappa shape index (κ2) is 4.99. The number of hydrogen-bond donors (Lipinski definition) is 2. The number of aliphatic imine (C=N–C) groups is 1. The van der Waals surface area contributed by atoms with Crippen molar-refractivity contribution in [2.24, 2.45) is 10.8 Å². The van der Waals surface area contributed by atoms with E-state index in [0.717, 1.165) is 18.8 Å². The predicted octanol–water partition coefficient (Wildman–Crippen LogP) is 0.650. The fraction of sp³-hybridized carbons (Fsp3) is 0.800. The van der Waals surface area contributed by atoms with Gasteiger partial charge in [0.2, 0.25) is 0 Å². The van der Waals surface area contributed by atoms with E-state index in [4.69, 9.17) is 5.84 Å². The third-order valence-electron chi connectivity index (χ3n) is 1.29. The van der Waals surface area contributed by atoms with Crippen molar-refractivity contribution in [3.63, 3.8) is 0 Å². The number of amidine groups is 1. The Morgan fingerprint density at radius 1 is 1.44 bits per heavy atom. The lowest BCUT2D eigenvalue weighted by atomic mass is 10.2. The van der Waals surface area contributed by atoms with Crippen LogP contribution in [0.1, 0.15) is 19.3 Å². The minimum atomic E-state index is 0. The Morgan fingerprint density at radius 3 is 2.56 bits per heavy atom. The lowest BCUT2D eigenvalue weighted by Crippen LogP contribution is -2.31. The smallest absolute Gasteiger partial charge is 0.110 e. The fourth-order valence-electron chi connectivity index (χ4n) is 0.815. The molecule has 0 radical (unpaired) electrons. The summed E-state index contributed by atoms with van der Waals surface area (Å²) in [5, 5.41) is 0. The van der Waals surface area contributed by atoms with Gasteiger partial charge in [0.25, 0.3) is 0 Å². The van der Waals surface area contributed by atoms with E-state index in [1.54, 1.807) is 0 Å². The molecule has 0 unspecified atom stereocenters. The molecule has 0 aromatic rings. The van der Waals surface area contributed by atoms with Crippen LogP contribution in [0.2, 0.25) is 0 Å². The van der Waals surface area contributed by atoms with Gasteiger partial charge in [-0.1, -0.05) is 0 Å². The second-order valence-corrected chi connectivity index (χ2v) is 1.93. The summed E-state index contributed by atoms with van der Waals surface area (Å²) >= 11 is 0. The van der Waals surface area contributed by atoms with Crippen LogP contribution >= 0.6 is 24.0 Å². The first-order valence-corrected chi connectivity index (χ1v) is 2.93. The lowest BCUT2D eigenvalue weighted by molar-refractivity contribution is 0.713. The van der Waals surface area contributed by atoms with Crippen LogP contribution in [-0.4, -0.2) is 12.4 Å². The molecule has 1 heterocycles. The van der Waals surface area contributed by atoms with E-state index < -0.39 is 0 Å². The number of halogens is 1. The number of rotatable bonds is 0. The van der Waals surface area contributed by atoms with Gasteiger partial charge in [0.15, 0.2) is 0 Å². The van der Waals surface area contributed by atoms with Crippen LogP contribution < -0.4 is 11.3 Å². The summed E-state index contributed by atoms with van der Waals surface area (Å²) in [5.41, 5.74) is 2.55. The highest BCUT2D eigenvalue weighted by atomic mass is 127. The first-order chi connectivity index (χ1) is 3.93. The van der Waals surface area contributed by atoms with Gasteiger partial charge in [-0.2, -0.15) is 0 Å². The van der Waals surface area contributed by atoms with Crippen LogP contribution in [0.15, 0.2) is 4.99 Å². The molecule has 3 nitrogen and oxygen atoms in total. The molecule has 0 saturated carbocycles. The zero-order valence-corrected chi connectivity index (χ0v) is 7.59. The molecule has 3 N–H and O–H groups in total. The summed E-state index contributed by atoms with van der Waals surface area (Å²) in [6.07, 6.45) is 3.46. The van der Waals surface area contributed by atoms with Crippen LogP contribution in [0.25, 0.3) is 0 Å². The lowest BCUT2D eigenvalue weighted by Gasteiger charge is -2.09. The number of nitrogens with zero attached hydrogens (tertiary/aromatic N) is 1. The summed E-state index contributed by atoms with van der Waals surface area (Å²) < 4.78 is 0. The van der Waals surface area contributed by atoms with Crippen LogP contribution in [0, 0.1) is 0 Å². The Hall–Kier alpha value is 0.160. The van der Waals surface area contributed by atoms with Crippen molar-refractivity contribution < 1.29 is 0 Å². The minimum Gasteiger partial charge on any atom is -0.312 e. The molecule has 4 heteroatoms. The molecule has 0 atom stereocenters. The number of hydrazine groups is 1. The summed E-state index contributed by atoms with van der Waals surface area (Å²) in [5.74, 6) is 6.08. The topological polar surface area (TPSA) is 50.4 Å². The maximum absolute atomic E-state index is 5.12. The first kappa shape index (κ1) is 9.16. The SMILES string of the molecule is I.NNC1=NCCCC1. The van der Waals surface area contributed by atoms with Crippen molar-refractivity contribution in [2.75, 3.05) is 6.54 Å². The van der Waals surface area contributed by atoms with Gasteiger partial charge < -0.3 is 5.43 Å². The van der Waals surface area contributed by atoms with Gasteiger partial charge in [-0.15, -0.1) is 24.0 Å². The van der Waals surface area contributed by atoms with E-state index in [1.165, 1.54) is 12.8 Å². The minimum absolute atomic E-state index is 0. The zero-order chi connectivity index (χ0) is 5.82. The Balaban J connectivity index is 0.000000640. The third-order valence-corrected chi connectivity index (χ3v) is 1.29. The maximum atomic E-state index is 5.12. The van der Waals surface area contributed by atoms with Crippen molar-refractivity contribution in [1.82, 2.24) is 5.43 Å². The van der Waals surface area contributed by atoms with Crippen LogP contribution in [0.5, 0.6) is 0 Å². The van der Waals surface area contributed by atoms with E-state index in [1.807, 2.05) is 0 Å². The zero-order valence-electron chi connectivity index (χ0n) is 5.26. The average Bonchev–Trinajstić information content (AvgIpc) is 1.90. The molecule has 0 spiro atoms. The van der Waals surface area contributed by atoms with E-state index in [9.17, 15) is 0 Å². The molecule has 0 fully saturated rings. The Bertz CT molecular complexity index is 102. The molecule has 0 bridgehead atoms. The monoisotopic (exact) mass is 241 g/mol. The molecular formula is C5H12IN3. The van der Waals surface area contributed by atoms with E-state index in [-0.39, 0.29) is 24.0 Å². The second-order valence-electron chi connectivity index (χ2n) is 1.93. The molecule has 0 aromatic carbocycles. The summed E-state index contributed by atoms with van der Waals surface area (Å²) in [6.45, 7) is 0.944. The van der Waals surface area contributed by atoms with Crippen molar-refractivity contribution >= 4 is 29.8 Å². The molecule has 0 aromatic heterocycles. The van der Waals surface area contributed by atoms with Gasteiger partial charge in [0, 0.05) is 13.0 Å².